The number of rotatable bonds is 1. The topological polar surface area (TPSA) is 45.2 Å². The Morgan fingerprint density at radius 2 is 2.35 bits per heavy atom. The normalized spacial score (nSPS) is 20.1. The van der Waals surface area contributed by atoms with E-state index in [2.05, 4.69) is 17.2 Å². The molecule has 1 aliphatic heterocycles. The van der Waals surface area contributed by atoms with E-state index in [9.17, 15) is 4.79 Å². The summed E-state index contributed by atoms with van der Waals surface area (Å²) < 4.78 is 0. The lowest BCUT2D eigenvalue weighted by Crippen LogP contribution is -2.41. The van der Waals surface area contributed by atoms with Crippen molar-refractivity contribution in [2.75, 3.05) is 18.4 Å². The second-order valence-corrected chi connectivity index (χ2v) is 4.87. The van der Waals surface area contributed by atoms with Gasteiger partial charge in [0.1, 0.15) is 0 Å². The summed E-state index contributed by atoms with van der Waals surface area (Å²) in [6.07, 6.45) is 5.77. The average Bonchev–Trinajstić information content (AvgIpc) is 2.29. The van der Waals surface area contributed by atoms with Crippen LogP contribution in [-0.4, -0.2) is 29.0 Å². The van der Waals surface area contributed by atoms with Gasteiger partial charge < -0.3 is 10.2 Å². The third-order valence-corrected chi connectivity index (χ3v) is 3.07. The summed E-state index contributed by atoms with van der Waals surface area (Å²) in [5, 5.41) is 2.90. The van der Waals surface area contributed by atoms with Crippen molar-refractivity contribution in [2.24, 2.45) is 5.92 Å². The van der Waals surface area contributed by atoms with Crippen LogP contribution in [0.15, 0.2) is 18.5 Å². The van der Waals surface area contributed by atoms with E-state index in [4.69, 9.17) is 0 Å². The van der Waals surface area contributed by atoms with Gasteiger partial charge in [0, 0.05) is 19.3 Å². The molecule has 0 spiro atoms. The molecular weight excluding hydrogens is 214 g/mol. The van der Waals surface area contributed by atoms with Gasteiger partial charge in [-0.05, 0) is 37.3 Å². The fourth-order valence-corrected chi connectivity index (χ4v) is 2.20. The van der Waals surface area contributed by atoms with Crippen LogP contribution in [0.3, 0.4) is 0 Å². The Morgan fingerprint density at radius 1 is 1.53 bits per heavy atom. The first-order valence-electron chi connectivity index (χ1n) is 6.13. The highest BCUT2D eigenvalue weighted by molar-refractivity contribution is 5.89. The van der Waals surface area contributed by atoms with Crippen molar-refractivity contribution < 1.29 is 4.79 Å². The first-order valence-corrected chi connectivity index (χ1v) is 6.13. The Labute approximate surface area is 102 Å². The van der Waals surface area contributed by atoms with Gasteiger partial charge in [0.25, 0.3) is 0 Å². The fraction of sp³-hybridized carbons (Fsp3) is 0.538. The van der Waals surface area contributed by atoms with Crippen molar-refractivity contribution in [3.05, 3.63) is 24.0 Å². The van der Waals surface area contributed by atoms with E-state index in [0.29, 0.717) is 5.92 Å². The van der Waals surface area contributed by atoms with Crippen LogP contribution in [0, 0.1) is 12.8 Å². The summed E-state index contributed by atoms with van der Waals surface area (Å²) in [5.41, 5.74) is 1.82. The molecule has 1 saturated heterocycles. The summed E-state index contributed by atoms with van der Waals surface area (Å²) in [6, 6.07) is 1.92. The van der Waals surface area contributed by atoms with Crippen LogP contribution in [0.1, 0.15) is 25.3 Å². The van der Waals surface area contributed by atoms with Crippen molar-refractivity contribution in [1.29, 1.82) is 0 Å². The van der Waals surface area contributed by atoms with Crippen LogP contribution in [0.2, 0.25) is 0 Å². The number of urea groups is 1. The van der Waals surface area contributed by atoms with Crippen LogP contribution in [0.25, 0.3) is 0 Å². The van der Waals surface area contributed by atoms with Gasteiger partial charge in [-0.3, -0.25) is 4.98 Å². The van der Waals surface area contributed by atoms with E-state index in [1.165, 1.54) is 6.42 Å². The van der Waals surface area contributed by atoms with Gasteiger partial charge in [0.2, 0.25) is 0 Å². The molecule has 0 aliphatic carbocycles. The highest BCUT2D eigenvalue weighted by atomic mass is 16.2. The average molecular weight is 233 g/mol. The van der Waals surface area contributed by atoms with E-state index in [1.807, 2.05) is 17.9 Å². The Bertz CT molecular complexity index is 405. The van der Waals surface area contributed by atoms with Gasteiger partial charge in [0.15, 0.2) is 0 Å². The third-order valence-electron chi connectivity index (χ3n) is 3.07. The van der Waals surface area contributed by atoms with Gasteiger partial charge in [-0.25, -0.2) is 4.79 Å². The van der Waals surface area contributed by atoms with Crippen LogP contribution < -0.4 is 5.32 Å². The number of piperidine rings is 1. The summed E-state index contributed by atoms with van der Waals surface area (Å²) in [5.74, 6) is 0.602. The van der Waals surface area contributed by atoms with Crippen LogP contribution in [0.4, 0.5) is 10.5 Å². The third kappa shape index (κ3) is 3.19. The lowest BCUT2D eigenvalue weighted by molar-refractivity contribution is 0.182. The number of pyridine rings is 1. The Morgan fingerprint density at radius 3 is 3.06 bits per heavy atom. The molecule has 2 heterocycles. The minimum atomic E-state index is -0.0102. The Hall–Kier alpha value is -1.58. The number of aryl methyl sites for hydroxylation is 1. The molecule has 0 bridgehead atoms. The Kier molecular flexibility index (Phi) is 3.61. The number of hydrogen-bond donors (Lipinski definition) is 1. The number of nitrogens with one attached hydrogen (secondary N) is 1. The summed E-state index contributed by atoms with van der Waals surface area (Å²) in [4.78, 5) is 18.0. The lowest BCUT2D eigenvalue weighted by Gasteiger charge is -2.30. The predicted molar refractivity (Wildman–Crippen MR) is 68.0 cm³/mol. The minimum Gasteiger partial charge on any atom is -0.324 e. The van der Waals surface area contributed by atoms with Crippen LogP contribution in [0.5, 0.6) is 0 Å². The largest absolute Gasteiger partial charge is 0.324 e. The van der Waals surface area contributed by atoms with Gasteiger partial charge in [-0.2, -0.15) is 0 Å². The number of carbonyl (C=O) groups is 1. The van der Waals surface area contributed by atoms with Crippen molar-refractivity contribution in [1.82, 2.24) is 9.88 Å². The molecule has 1 N–H and O–H groups in total. The molecule has 92 valence electrons. The molecule has 1 aliphatic rings. The molecule has 1 atom stereocenters. The number of carbonyl (C=O) groups excluding carboxylic acids is 1. The number of likely N-dealkylation sites (tertiary alicyclic amines) is 1. The van der Waals surface area contributed by atoms with Gasteiger partial charge in [-0.1, -0.05) is 6.92 Å². The molecule has 1 fully saturated rings. The summed E-state index contributed by atoms with van der Waals surface area (Å²) in [6.45, 7) is 5.86. The maximum Gasteiger partial charge on any atom is 0.321 e. The molecule has 1 unspecified atom stereocenters. The van der Waals surface area contributed by atoms with Crippen molar-refractivity contribution in [2.45, 2.75) is 26.7 Å². The maximum atomic E-state index is 12.0. The molecule has 0 aromatic carbocycles. The number of amides is 2. The van der Waals surface area contributed by atoms with Gasteiger partial charge in [-0.15, -0.1) is 0 Å². The maximum absolute atomic E-state index is 12.0. The Balaban J connectivity index is 1.96. The standard InChI is InChI=1S/C13H19N3O/c1-10-4-3-5-16(9-10)13(17)15-12-6-11(2)7-14-8-12/h6-8,10H,3-5,9H2,1-2H3,(H,15,17). The molecule has 1 aromatic heterocycles. The fourth-order valence-electron chi connectivity index (χ4n) is 2.20. The second kappa shape index (κ2) is 5.17. The molecular formula is C13H19N3O. The molecule has 4 heteroatoms. The van der Waals surface area contributed by atoms with E-state index < -0.39 is 0 Å². The molecule has 2 amide bonds. The predicted octanol–water partition coefficient (Wildman–Crippen LogP) is 2.65. The first-order chi connectivity index (χ1) is 8.15. The van der Waals surface area contributed by atoms with E-state index >= 15 is 0 Å². The van der Waals surface area contributed by atoms with Gasteiger partial charge >= 0.3 is 6.03 Å². The quantitative estimate of drug-likeness (QED) is 0.810. The van der Waals surface area contributed by atoms with Gasteiger partial charge in [0.05, 0.1) is 11.9 Å². The zero-order valence-corrected chi connectivity index (χ0v) is 10.4. The molecule has 17 heavy (non-hydrogen) atoms. The van der Waals surface area contributed by atoms with Crippen molar-refractivity contribution in [3.63, 3.8) is 0 Å². The van der Waals surface area contributed by atoms with E-state index in [-0.39, 0.29) is 6.03 Å². The number of nitrogens with zero attached hydrogens (tertiary/aromatic N) is 2. The SMILES string of the molecule is Cc1cncc(NC(=O)N2CCCC(C)C2)c1. The van der Waals surface area contributed by atoms with E-state index in [1.54, 1.807) is 12.4 Å². The van der Waals surface area contributed by atoms with Crippen LogP contribution in [-0.2, 0) is 0 Å². The zero-order chi connectivity index (χ0) is 12.3. The lowest BCUT2D eigenvalue weighted by atomic mass is 10.0. The smallest absolute Gasteiger partial charge is 0.321 e. The van der Waals surface area contributed by atoms with Crippen molar-refractivity contribution in [3.8, 4) is 0 Å². The number of anilines is 1. The molecule has 2 rings (SSSR count). The van der Waals surface area contributed by atoms with E-state index in [0.717, 1.165) is 30.8 Å². The molecule has 0 saturated carbocycles. The zero-order valence-electron chi connectivity index (χ0n) is 10.4. The summed E-state index contributed by atoms with van der Waals surface area (Å²) in [7, 11) is 0. The second-order valence-electron chi connectivity index (χ2n) is 4.87. The highest BCUT2D eigenvalue weighted by Crippen LogP contribution is 2.17. The highest BCUT2D eigenvalue weighted by Gasteiger charge is 2.20. The number of aromatic nitrogens is 1. The molecule has 1 aromatic rings. The monoisotopic (exact) mass is 233 g/mol. The van der Waals surface area contributed by atoms with Crippen LogP contribution >= 0.6 is 0 Å². The number of hydrogen-bond acceptors (Lipinski definition) is 2. The molecule has 0 radical (unpaired) electrons. The molecule has 4 nitrogen and oxygen atoms in total. The van der Waals surface area contributed by atoms with Crippen molar-refractivity contribution >= 4 is 11.7 Å². The minimum absolute atomic E-state index is 0.0102. The first kappa shape index (κ1) is 11.9. The summed E-state index contributed by atoms with van der Waals surface area (Å²) >= 11 is 0.